The van der Waals surface area contributed by atoms with Crippen LogP contribution in [0.25, 0.3) is 0 Å². The van der Waals surface area contributed by atoms with Gasteiger partial charge in [0.2, 0.25) is 0 Å². The molecule has 0 N–H and O–H groups in total. The molecule has 0 unspecified atom stereocenters. The molecule has 0 aromatic heterocycles. The van der Waals surface area contributed by atoms with Gasteiger partial charge in [0, 0.05) is 28.5 Å². The highest BCUT2D eigenvalue weighted by Gasteiger charge is 2.05. The Bertz CT molecular complexity index is 611. The molecule has 5 heteroatoms. The Morgan fingerprint density at radius 2 is 1.19 bits per heavy atom. The van der Waals surface area contributed by atoms with E-state index in [1.54, 1.807) is 35.3 Å². The van der Waals surface area contributed by atoms with Gasteiger partial charge in [-0.2, -0.15) is 0 Å². The zero-order valence-electron chi connectivity index (χ0n) is 11.0. The first-order chi connectivity index (χ1) is 10.1. The fourth-order valence-electron chi connectivity index (χ4n) is 1.60. The lowest BCUT2D eigenvalue weighted by Crippen LogP contribution is -1.79. The second-order valence-electron chi connectivity index (χ2n) is 3.86. The zero-order chi connectivity index (χ0) is 15.2. The maximum atomic E-state index is 3.74. The Morgan fingerprint density at radius 1 is 0.762 bits per heavy atom. The highest BCUT2D eigenvalue weighted by Crippen LogP contribution is 2.37. The lowest BCUT2D eigenvalue weighted by Gasteiger charge is -2.07. The van der Waals surface area contributed by atoms with Crippen LogP contribution >= 0.6 is 67.1 Å². The van der Waals surface area contributed by atoms with E-state index in [2.05, 4.69) is 81.4 Å². The summed E-state index contributed by atoms with van der Waals surface area (Å²) in [6.07, 6.45) is 0. The third kappa shape index (κ3) is 4.96. The third-order valence-electron chi connectivity index (χ3n) is 2.46. The van der Waals surface area contributed by atoms with Crippen molar-refractivity contribution in [3.63, 3.8) is 0 Å². The van der Waals surface area contributed by atoms with Gasteiger partial charge in [0.25, 0.3) is 0 Å². The van der Waals surface area contributed by atoms with E-state index in [1.807, 2.05) is 10.8 Å². The van der Waals surface area contributed by atoms with Gasteiger partial charge in [0.15, 0.2) is 0 Å². The number of rotatable bonds is 6. The first-order valence-electron chi connectivity index (χ1n) is 5.96. The average Bonchev–Trinajstić information content (AvgIpc) is 2.45. The van der Waals surface area contributed by atoms with Gasteiger partial charge in [-0.15, -0.1) is 0 Å². The second-order valence-corrected chi connectivity index (χ2v) is 8.73. The first kappa shape index (κ1) is 17.3. The van der Waals surface area contributed by atoms with Crippen molar-refractivity contribution in [1.82, 2.24) is 0 Å². The van der Waals surface area contributed by atoms with Crippen molar-refractivity contribution >= 4 is 67.1 Å². The molecule has 0 nitrogen and oxygen atoms in total. The van der Waals surface area contributed by atoms with Gasteiger partial charge in [0.1, 0.15) is 0 Å². The molecule has 0 aliphatic rings. The number of hydrogen-bond donors (Lipinski definition) is 0. The van der Waals surface area contributed by atoms with Crippen molar-refractivity contribution in [2.75, 3.05) is 0 Å². The summed E-state index contributed by atoms with van der Waals surface area (Å²) in [6.45, 7) is 7.49. The van der Waals surface area contributed by atoms with E-state index in [-0.39, 0.29) is 0 Å². The average molecular weight is 460 g/mol. The van der Waals surface area contributed by atoms with E-state index >= 15 is 0 Å². The Kier molecular flexibility index (Phi) is 7.02. The number of halogens is 2. The molecule has 0 radical (unpaired) electrons. The largest absolute Gasteiger partial charge is 0.0975 e. The number of hydrogen-bond acceptors (Lipinski definition) is 3. The van der Waals surface area contributed by atoms with Crippen LogP contribution in [0.5, 0.6) is 0 Å². The maximum absolute atomic E-state index is 3.74. The first-order valence-corrected chi connectivity index (χ1v) is 10.1. The molecular formula is C16H12Br2S3. The lowest BCUT2D eigenvalue weighted by molar-refractivity contribution is 1.28. The molecule has 0 aliphatic carbocycles. The summed E-state index contributed by atoms with van der Waals surface area (Å²) in [5.74, 6) is 0. The second kappa shape index (κ2) is 8.53. The Morgan fingerprint density at radius 3 is 1.52 bits per heavy atom. The normalized spacial score (nSPS) is 10.4. The van der Waals surface area contributed by atoms with E-state index in [0.717, 1.165) is 8.95 Å². The predicted octanol–water partition coefficient (Wildman–Crippen LogP) is 7.83. The quantitative estimate of drug-likeness (QED) is 0.403. The lowest BCUT2D eigenvalue weighted by atomic mass is 10.4. The van der Waals surface area contributed by atoms with Crippen molar-refractivity contribution in [3.05, 3.63) is 69.3 Å². The number of thioether (sulfide) groups is 2. The van der Waals surface area contributed by atoms with Crippen LogP contribution in [0.3, 0.4) is 0 Å². The fourth-order valence-corrected chi connectivity index (χ4v) is 5.11. The molecular weight excluding hydrogens is 448 g/mol. The van der Waals surface area contributed by atoms with Crippen LogP contribution in [-0.2, 0) is 0 Å². The molecule has 0 heterocycles. The molecule has 108 valence electrons. The standard InChI is InChI=1S/C16H12Br2S3/c1-3-19-15-7-5-11(9-13(15)17)21-12-6-8-16(20-4-2)14(18)10-12/h3-10H,1-2H2. The summed E-state index contributed by atoms with van der Waals surface area (Å²) in [5, 5.41) is 3.67. The van der Waals surface area contributed by atoms with E-state index < -0.39 is 0 Å². The smallest absolute Gasteiger partial charge is 0.0325 e. The monoisotopic (exact) mass is 458 g/mol. The highest BCUT2D eigenvalue weighted by molar-refractivity contribution is 9.10. The van der Waals surface area contributed by atoms with Crippen LogP contribution in [0.2, 0.25) is 0 Å². The minimum absolute atomic E-state index is 1.09. The molecule has 0 spiro atoms. The Hall–Kier alpha value is -0.0700. The Labute approximate surface area is 155 Å². The van der Waals surface area contributed by atoms with E-state index in [4.69, 9.17) is 0 Å². The van der Waals surface area contributed by atoms with Crippen molar-refractivity contribution in [1.29, 1.82) is 0 Å². The summed E-state index contributed by atoms with van der Waals surface area (Å²) in [7, 11) is 0. The van der Waals surface area contributed by atoms with Crippen LogP contribution < -0.4 is 0 Å². The van der Waals surface area contributed by atoms with Crippen molar-refractivity contribution in [2.24, 2.45) is 0 Å². The van der Waals surface area contributed by atoms with E-state index in [1.165, 1.54) is 19.6 Å². The summed E-state index contributed by atoms with van der Waals surface area (Å²) in [6, 6.07) is 12.7. The van der Waals surface area contributed by atoms with Gasteiger partial charge >= 0.3 is 0 Å². The molecule has 21 heavy (non-hydrogen) atoms. The van der Waals surface area contributed by atoms with Gasteiger partial charge in [-0.1, -0.05) is 48.4 Å². The van der Waals surface area contributed by atoms with Gasteiger partial charge in [-0.25, -0.2) is 0 Å². The molecule has 2 aromatic carbocycles. The SMILES string of the molecule is C=CSc1ccc(Sc2ccc(SC=C)c(Br)c2)cc1Br. The predicted molar refractivity (Wildman–Crippen MR) is 105 cm³/mol. The molecule has 0 saturated carbocycles. The Balaban J connectivity index is 2.18. The highest BCUT2D eigenvalue weighted by atomic mass is 79.9. The van der Waals surface area contributed by atoms with E-state index in [0.29, 0.717) is 0 Å². The van der Waals surface area contributed by atoms with Crippen molar-refractivity contribution < 1.29 is 0 Å². The molecule has 0 fully saturated rings. The van der Waals surface area contributed by atoms with Crippen LogP contribution in [0.15, 0.2) is 88.9 Å². The van der Waals surface area contributed by atoms with Crippen LogP contribution in [0, 0.1) is 0 Å². The van der Waals surface area contributed by atoms with Crippen molar-refractivity contribution in [2.45, 2.75) is 19.6 Å². The van der Waals surface area contributed by atoms with Gasteiger partial charge < -0.3 is 0 Å². The topological polar surface area (TPSA) is 0 Å². The molecule has 0 atom stereocenters. The molecule has 0 saturated heterocycles. The number of benzene rings is 2. The van der Waals surface area contributed by atoms with Crippen LogP contribution in [0.4, 0.5) is 0 Å². The van der Waals surface area contributed by atoms with Gasteiger partial charge in [0.05, 0.1) is 0 Å². The van der Waals surface area contributed by atoms with Crippen LogP contribution in [-0.4, -0.2) is 0 Å². The minimum atomic E-state index is 1.09. The maximum Gasteiger partial charge on any atom is 0.0325 e. The van der Waals surface area contributed by atoms with Crippen LogP contribution in [0.1, 0.15) is 0 Å². The third-order valence-corrected chi connectivity index (χ3v) is 6.83. The van der Waals surface area contributed by atoms with Crippen molar-refractivity contribution in [3.8, 4) is 0 Å². The zero-order valence-corrected chi connectivity index (χ0v) is 16.6. The molecule has 2 rings (SSSR count). The molecule has 0 bridgehead atoms. The summed E-state index contributed by atoms with van der Waals surface area (Å²) < 4.78 is 2.19. The van der Waals surface area contributed by atoms with E-state index in [9.17, 15) is 0 Å². The minimum Gasteiger partial charge on any atom is -0.0975 e. The van der Waals surface area contributed by atoms with Gasteiger partial charge in [-0.05, 0) is 79.1 Å². The molecule has 0 amide bonds. The summed E-state index contributed by atoms with van der Waals surface area (Å²) in [4.78, 5) is 4.75. The molecule has 0 aliphatic heterocycles. The molecule has 2 aromatic rings. The fraction of sp³-hybridized carbons (Fsp3) is 0. The van der Waals surface area contributed by atoms with Gasteiger partial charge in [-0.3, -0.25) is 0 Å². The summed E-state index contributed by atoms with van der Waals surface area (Å²) >= 11 is 12.2. The summed E-state index contributed by atoms with van der Waals surface area (Å²) in [5.41, 5.74) is 0.